The number of hydrogen-bond donors (Lipinski definition) is 3. The summed E-state index contributed by atoms with van der Waals surface area (Å²) < 4.78 is 5.89. The third kappa shape index (κ3) is 4.11. The largest absolute Gasteiger partial charge is 0.486 e. The maximum atomic E-state index is 8.69. The summed E-state index contributed by atoms with van der Waals surface area (Å²) >= 11 is 0. The van der Waals surface area contributed by atoms with Gasteiger partial charge in [0.1, 0.15) is 11.9 Å². The standard InChI is InChI=1S/C15H24N2O2/c1-2-13-11-17-14-10-12(4-5-15(14)19-13)6-8-16-7-3-9-18/h4-5,10,13,16-18H,2-3,6-9,11H2,1H3. The molecule has 1 aromatic carbocycles. The highest BCUT2D eigenvalue weighted by Crippen LogP contribution is 2.30. The Balaban J connectivity index is 1.84. The van der Waals surface area contributed by atoms with Crippen molar-refractivity contribution < 1.29 is 9.84 Å². The van der Waals surface area contributed by atoms with Crippen LogP contribution in [0.4, 0.5) is 5.69 Å². The number of benzene rings is 1. The molecule has 0 amide bonds. The molecule has 0 fully saturated rings. The normalized spacial score (nSPS) is 17.5. The number of aliphatic hydroxyl groups excluding tert-OH is 1. The van der Waals surface area contributed by atoms with Gasteiger partial charge in [0, 0.05) is 6.61 Å². The van der Waals surface area contributed by atoms with Gasteiger partial charge in [0.05, 0.1) is 12.2 Å². The van der Waals surface area contributed by atoms with E-state index in [9.17, 15) is 0 Å². The van der Waals surface area contributed by atoms with Gasteiger partial charge in [-0.1, -0.05) is 13.0 Å². The summed E-state index contributed by atoms with van der Waals surface area (Å²) in [4.78, 5) is 0. The van der Waals surface area contributed by atoms with Crippen molar-refractivity contribution in [2.24, 2.45) is 0 Å². The third-order valence-corrected chi connectivity index (χ3v) is 3.42. The minimum atomic E-state index is 0.256. The van der Waals surface area contributed by atoms with Gasteiger partial charge >= 0.3 is 0 Å². The van der Waals surface area contributed by atoms with E-state index in [1.807, 2.05) is 0 Å². The van der Waals surface area contributed by atoms with E-state index in [2.05, 4.69) is 35.8 Å². The summed E-state index contributed by atoms with van der Waals surface area (Å²) in [6, 6.07) is 6.37. The number of nitrogens with one attached hydrogen (secondary N) is 2. The molecule has 0 aliphatic carbocycles. The summed E-state index contributed by atoms with van der Waals surface area (Å²) in [7, 11) is 0. The van der Waals surface area contributed by atoms with Crippen LogP contribution in [0.3, 0.4) is 0 Å². The molecule has 0 radical (unpaired) electrons. The van der Waals surface area contributed by atoms with E-state index >= 15 is 0 Å². The van der Waals surface area contributed by atoms with E-state index in [0.717, 1.165) is 50.3 Å². The number of rotatable bonds is 7. The Morgan fingerprint density at radius 1 is 1.42 bits per heavy atom. The highest BCUT2D eigenvalue weighted by Gasteiger charge is 2.17. The minimum absolute atomic E-state index is 0.256. The summed E-state index contributed by atoms with van der Waals surface area (Å²) in [5, 5.41) is 15.5. The van der Waals surface area contributed by atoms with Crippen LogP contribution in [-0.2, 0) is 6.42 Å². The van der Waals surface area contributed by atoms with Crippen molar-refractivity contribution in [2.75, 3.05) is 31.6 Å². The van der Waals surface area contributed by atoms with Crippen molar-refractivity contribution in [3.8, 4) is 5.75 Å². The lowest BCUT2D eigenvalue weighted by molar-refractivity contribution is 0.202. The molecule has 0 bridgehead atoms. The molecule has 2 rings (SSSR count). The predicted molar refractivity (Wildman–Crippen MR) is 77.9 cm³/mol. The van der Waals surface area contributed by atoms with Crippen molar-refractivity contribution >= 4 is 5.69 Å². The summed E-state index contributed by atoms with van der Waals surface area (Å²) in [5.74, 6) is 0.968. The van der Waals surface area contributed by atoms with Crippen molar-refractivity contribution in [1.29, 1.82) is 0 Å². The Morgan fingerprint density at radius 3 is 3.11 bits per heavy atom. The second-order valence-electron chi connectivity index (χ2n) is 4.94. The molecule has 3 N–H and O–H groups in total. The first-order valence-corrected chi connectivity index (χ1v) is 7.18. The zero-order valence-corrected chi connectivity index (χ0v) is 11.6. The number of hydrogen-bond acceptors (Lipinski definition) is 4. The van der Waals surface area contributed by atoms with Crippen LogP contribution in [-0.4, -0.2) is 37.5 Å². The SMILES string of the molecule is CCC1CNc2cc(CCNCCCO)ccc2O1. The predicted octanol–water partition coefficient (Wildman–Crippen LogP) is 1.78. The molecule has 0 saturated heterocycles. The van der Waals surface area contributed by atoms with Gasteiger partial charge in [-0.15, -0.1) is 0 Å². The number of ether oxygens (including phenoxy) is 1. The first kappa shape index (κ1) is 14.2. The van der Waals surface area contributed by atoms with Gasteiger partial charge in [-0.05, 0) is 50.0 Å². The van der Waals surface area contributed by atoms with Crippen LogP contribution >= 0.6 is 0 Å². The Bertz CT molecular complexity index is 396. The van der Waals surface area contributed by atoms with Crippen LogP contribution in [0.5, 0.6) is 5.75 Å². The van der Waals surface area contributed by atoms with E-state index in [-0.39, 0.29) is 6.61 Å². The lowest BCUT2D eigenvalue weighted by Gasteiger charge is -2.27. The minimum Gasteiger partial charge on any atom is -0.486 e. The van der Waals surface area contributed by atoms with Gasteiger partial charge in [-0.25, -0.2) is 0 Å². The number of aliphatic hydroxyl groups is 1. The van der Waals surface area contributed by atoms with Crippen molar-refractivity contribution in [3.05, 3.63) is 23.8 Å². The number of fused-ring (bicyclic) bond motifs is 1. The molecule has 4 nitrogen and oxygen atoms in total. The van der Waals surface area contributed by atoms with Gasteiger partial charge in [-0.3, -0.25) is 0 Å². The molecular formula is C15H24N2O2. The van der Waals surface area contributed by atoms with E-state index in [0.29, 0.717) is 6.10 Å². The molecule has 1 aromatic rings. The van der Waals surface area contributed by atoms with Crippen molar-refractivity contribution in [2.45, 2.75) is 32.3 Å². The molecule has 0 spiro atoms. The highest BCUT2D eigenvalue weighted by molar-refractivity contribution is 5.59. The fourth-order valence-electron chi connectivity index (χ4n) is 2.21. The third-order valence-electron chi connectivity index (χ3n) is 3.42. The molecule has 1 aliphatic heterocycles. The van der Waals surface area contributed by atoms with Gasteiger partial charge in [0.2, 0.25) is 0 Å². The van der Waals surface area contributed by atoms with Gasteiger partial charge in [0.25, 0.3) is 0 Å². The molecule has 1 aliphatic rings. The Kier molecular flexibility index (Phi) is 5.48. The van der Waals surface area contributed by atoms with Crippen LogP contribution in [0, 0.1) is 0 Å². The molecule has 0 saturated carbocycles. The average molecular weight is 264 g/mol. The summed E-state index contributed by atoms with van der Waals surface area (Å²) in [6.45, 7) is 5.11. The maximum absolute atomic E-state index is 8.69. The molecular weight excluding hydrogens is 240 g/mol. The lowest BCUT2D eigenvalue weighted by Crippen LogP contribution is -2.30. The maximum Gasteiger partial charge on any atom is 0.142 e. The molecule has 4 heteroatoms. The summed E-state index contributed by atoms with van der Waals surface area (Å²) in [5.41, 5.74) is 2.42. The van der Waals surface area contributed by atoms with E-state index in [4.69, 9.17) is 9.84 Å². The Hall–Kier alpha value is -1.26. The molecule has 0 aromatic heterocycles. The highest BCUT2D eigenvalue weighted by atomic mass is 16.5. The molecule has 106 valence electrons. The Morgan fingerprint density at radius 2 is 2.32 bits per heavy atom. The quantitative estimate of drug-likeness (QED) is 0.657. The first-order valence-electron chi connectivity index (χ1n) is 7.18. The molecule has 1 heterocycles. The van der Waals surface area contributed by atoms with E-state index in [1.54, 1.807) is 0 Å². The monoisotopic (exact) mass is 264 g/mol. The average Bonchev–Trinajstić information content (AvgIpc) is 2.46. The number of anilines is 1. The van der Waals surface area contributed by atoms with Gasteiger partial charge < -0.3 is 20.5 Å². The summed E-state index contributed by atoms with van der Waals surface area (Å²) in [6.07, 6.45) is 3.14. The second kappa shape index (κ2) is 7.36. The van der Waals surface area contributed by atoms with E-state index in [1.165, 1.54) is 5.56 Å². The van der Waals surface area contributed by atoms with E-state index < -0.39 is 0 Å². The fraction of sp³-hybridized carbons (Fsp3) is 0.600. The lowest BCUT2D eigenvalue weighted by atomic mass is 10.1. The topological polar surface area (TPSA) is 53.5 Å². The zero-order valence-electron chi connectivity index (χ0n) is 11.6. The van der Waals surface area contributed by atoms with Crippen LogP contribution < -0.4 is 15.4 Å². The fourth-order valence-corrected chi connectivity index (χ4v) is 2.21. The molecule has 1 atom stereocenters. The zero-order chi connectivity index (χ0) is 13.5. The second-order valence-corrected chi connectivity index (χ2v) is 4.94. The van der Waals surface area contributed by atoms with Crippen LogP contribution in [0.1, 0.15) is 25.3 Å². The van der Waals surface area contributed by atoms with Crippen LogP contribution in [0.25, 0.3) is 0 Å². The Labute approximate surface area is 115 Å². The smallest absolute Gasteiger partial charge is 0.142 e. The van der Waals surface area contributed by atoms with Crippen molar-refractivity contribution in [3.63, 3.8) is 0 Å². The van der Waals surface area contributed by atoms with Gasteiger partial charge in [0.15, 0.2) is 0 Å². The molecule has 1 unspecified atom stereocenters. The van der Waals surface area contributed by atoms with Gasteiger partial charge in [-0.2, -0.15) is 0 Å². The first-order chi connectivity index (χ1) is 9.33. The molecule has 19 heavy (non-hydrogen) atoms. The van der Waals surface area contributed by atoms with Crippen molar-refractivity contribution in [1.82, 2.24) is 5.32 Å². The van der Waals surface area contributed by atoms with Crippen LogP contribution in [0.15, 0.2) is 18.2 Å². The van der Waals surface area contributed by atoms with Crippen LogP contribution in [0.2, 0.25) is 0 Å².